The van der Waals surface area contributed by atoms with E-state index in [4.69, 9.17) is 10.5 Å². The molecule has 1 aliphatic rings. The van der Waals surface area contributed by atoms with Crippen molar-refractivity contribution in [2.24, 2.45) is 0 Å². The highest BCUT2D eigenvalue weighted by Gasteiger charge is 2.21. The van der Waals surface area contributed by atoms with Crippen molar-refractivity contribution >= 4 is 5.69 Å². The van der Waals surface area contributed by atoms with Gasteiger partial charge in [-0.1, -0.05) is 6.92 Å². The van der Waals surface area contributed by atoms with Gasteiger partial charge in [-0.25, -0.2) is 0 Å². The highest BCUT2D eigenvalue weighted by atomic mass is 16.5. The van der Waals surface area contributed by atoms with Gasteiger partial charge in [-0.3, -0.25) is 4.98 Å². The van der Waals surface area contributed by atoms with Gasteiger partial charge in [-0.05, 0) is 44.7 Å². The number of ether oxygens (including phenoxy) is 1. The van der Waals surface area contributed by atoms with Gasteiger partial charge in [-0.15, -0.1) is 0 Å². The van der Waals surface area contributed by atoms with E-state index in [2.05, 4.69) is 17.2 Å². The van der Waals surface area contributed by atoms with Crippen LogP contribution in [-0.2, 0) is 4.74 Å². The second-order valence-electron chi connectivity index (χ2n) is 5.24. The van der Waals surface area contributed by atoms with Crippen LogP contribution in [0.1, 0.15) is 50.6 Å². The Bertz CT molecular complexity index is 377. The molecule has 1 aliphatic heterocycles. The highest BCUT2D eigenvalue weighted by molar-refractivity contribution is 5.46. The average Bonchev–Trinajstić information content (AvgIpc) is 2.45. The summed E-state index contributed by atoms with van der Waals surface area (Å²) in [5.74, 6) is 0. The number of pyridine rings is 1. The Morgan fingerprint density at radius 1 is 1.53 bits per heavy atom. The molecule has 0 aromatic carbocycles. The van der Waals surface area contributed by atoms with Crippen molar-refractivity contribution in [1.82, 2.24) is 10.3 Å². The van der Waals surface area contributed by atoms with Gasteiger partial charge in [0.15, 0.2) is 0 Å². The number of hydrogen-bond acceptors (Lipinski definition) is 4. The third-order valence-electron chi connectivity index (χ3n) is 3.68. The predicted molar refractivity (Wildman–Crippen MR) is 77.9 cm³/mol. The third kappa shape index (κ3) is 4.18. The minimum Gasteiger partial charge on any atom is -0.398 e. The molecule has 2 unspecified atom stereocenters. The molecule has 1 fully saturated rings. The fourth-order valence-corrected chi connectivity index (χ4v) is 2.60. The summed E-state index contributed by atoms with van der Waals surface area (Å²) in [4.78, 5) is 4.21. The Kier molecular flexibility index (Phi) is 5.61. The van der Waals surface area contributed by atoms with E-state index in [0.717, 1.165) is 43.7 Å². The summed E-state index contributed by atoms with van der Waals surface area (Å²) in [6, 6.07) is 2.12. The van der Waals surface area contributed by atoms with Gasteiger partial charge in [-0.2, -0.15) is 0 Å². The topological polar surface area (TPSA) is 60.2 Å². The van der Waals surface area contributed by atoms with Crippen LogP contribution in [0.2, 0.25) is 0 Å². The minimum atomic E-state index is 0.247. The van der Waals surface area contributed by atoms with Gasteiger partial charge in [0.2, 0.25) is 0 Å². The zero-order chi connectivity index (χ0) is 13.5. The first-order chi connectivity index (χ1) is 9.31. The molecule has 1 aromatic rings. The summed E-state index contributed by atoms with van der Waals surface area (Å²) in [6.07, 6.45) is 9.69. The van der Waals surface area contributed by atoms with Crippen molar-refractivity contribution in [3.8, 4) is 0 Å². The first kappa shape index (κ1) is 14.3. The zero-order valence-electron chi connectivity index (χ0n) is 11.8. The molecule has 0 radical (unpaired) electrons. The van der Waals surface area contributed by atoms with Gasteiger partial charge in [0, 0.05) is 36.3 Å². The van der Waals surface area contributed by atoms with Crippen LogP contribution in [0.15, 0.2) is 18.5 Å². The molecule has 2 heterocycles. The SMILES string of the molecule is CCCNC(CC1CCCCO1)c1cnccc1N. The van der Waals surface area contributed by atoms with E-state index in [0.29, 0.717) is 6.10 Å². The van der Waals surface area contributed by atoms with E-state index in [1.165, 1.54) is 12.8 Å². The maximum atomic E-state index is 6.08. The lowest BCUT2D eigenvalue weighted by Crippen LogP contribution is -2.30. The van der Waals surface area contributed by atoms with Crippen LogP contribution in [-0.4, -0.2) is 24.2 Å². The lowest BCUT2D eigenvalue weighted by molar-refractivity contribution is 0.00508. The summed E-state index contributed by atoms with van der Waals surface area (Å²) in [6.45, 7) is 4.06. The Labute approximate surface area is 115 Å². The second kappa shape index (κ2) is 7.46. The Balaban J connectivity index is 2.04. The first-order valence-corrected chi connectivity index (χ1v) is 7.35. The third-order valence-corrected chi connectivity index (χ3v) is 3.68. The van der Waals surface area contributed by atoms with Crippen LogP contribution in [0.25, 0.3) is 0 Å². The molecule has 0 saturated carbocycles. The molecule has 1 saturated heterocycles. The molecule has 2 rings (SSSR count). The maximum absolute atomic E-state index is 6.08. The van der Waals surface area contributed by atoms with E-state index in [9.17, 15) is 0 Å². The van der Waals surface area contributed by atoms with Crippen molar-refractivity contribution in [1.29, 1.82) is 0 Å². The Morgan fingerprint density at radius 3 is 3.11 bits per heavy atom. The van der Waals surface area contributed by atoms with Crippen LogP contribution in [0.4, 0.5) is 5.69 Å². The molecule has 19 heavy (non-hydrogen) atoms. The van der Waals surface area contributed by atoms with E-state index >= 15 is 0 Å². The summed E-state index contributed by atoms with van der Waals surface area (Å²) in [5, 5.41) is 3.57. The number of nitrogens with two attached hydrogens (primary N) is 1. The highest BCUT2D eigenvalue weighted by Crippen LogP contribution is 2.27. The van der Waals surface area contributed by atoms with Crippen molar-refractivity contribution in [3.05, 3.63) is 24.0 Å². The lowest BCUT2D eigenvalue weighted by Gasteiger charge is -2.28. The Hall–Kier alpha value is -1.13. The Morgan fingerprint density at radius 2 is 2.42 bits per heavy atom. The molecule has 4 nitrogen and oxygen atoms in total. The van der Waals surface area contributed by atoms with Gasteiger partial charge in [0.1, 0.15) is 0 Å². The number of nitrogens with zero attached hydrogens (tertiary/aromatic N) is 1. The van der Waals surface area contributed by atoms with Gasteiger partial charge < -0.3 is 15.8 Å². The molecule has 0 aliphatic carbocycles. The van der Waals surface area contributed by atoms with Crippen LogP contribution < -0.4 is 11.1 Å². The summed E-state index contributed by atoms with van der Waals surface area (Å²) in [7, 11) is 0. The number of rotatable bonds is 6. The molecule has 106 valence electrons. The number of hydrogen-bond donors (Lipinski definition) is 2. The molecule has 4 heteroatoms. The smallest absolute Gasteiger partial charge is 0.0593 e. The lowest BCUT2D eigenvalue weighted by atomic mass is 9.96. The number of aromatic nitrogens is 1. The van der Waals surface area contributed by atoms with Crippen molar-refractivity contribution in [3.63, 3.8) is 0 Å². The maximum Gasteiger partial charge on any atom is 0.0593 e. The molecule has 2 atom stereocenters. The fourth-order valence-electron chi connectivity index (χ4n) is 2.60. The number of nitrogens with one attached hydrogen (secondary N) is 1. The molecule has 1 aromatic heterocycles. The number of nitrogen functional groups attached to an aromatic ring is 1. The van der Waals surface area contributed by atoms with Crippen LogP contribution >= 0.6 is 0 Å². The van der Waals surface area contributed by atoms with E-state index in [1.54, 1.807) is 6.20 Å². The zero-order valence-corrected chi connectivity index (χ0v) is 11.8. The summed E-state index contributed by atoms with van der Waals surface area (Å²) < 4.78 is 5.85. The summed E-state index contributed by atoms with van der Waals surface area (Å²) >= 11 is 0. The largest absolute Gasteiger partial charge is 0.398 e. The quantitative estimate of drug-likeness (QED) is 0.828. The monoisotopic (exact) mass is 263 g/mol. The molecule has 0 spiro atoms. The molecule has 0 bridgehead atoms. The van der Waals surface area contributed by atoms with Gasteiger partial charge in [0.25, 0.3) is 0 Å². The van der Waals surface area contributed by atoms with E-state index in [-0.39, 0.29) is 6.04 Å². The van der Waals surface area contributed by atoms with Crippen LogP contribution in [0.3, 0.4) is 0 Å². The van der Waals surface area contributed by atoms with Crippen molar-refractivity contribution < 1.29 is 4.74 Å². The van der Waals surface area contributed by atoms with Gasteiger partial charge >= 0.3 is 0 Å². The standard InChI is InChI=1S/C15H25N3O/c1-2-7-18-15(10-12-5-3-4-9-19-12)13-11-17-8-6-14(13)16/h6,8,11-12,15,18H,2-5,7,9-10H2,1H3,(H2,16,17). The first-order valence-electron chi connectivity index (χ1n) is 7.35. The number of anilines is 1. The normalized spacial score (nSPS) is 21.2. The van der Waals surface area contributed by atoms with E-state index in [1.807, 2.05) is 12.3 Å². The second-order valence-corrected chi connectivity index (χ2v) is 5.24. The molecule has 0 amide bonds. The van der Waals surface area contributed by atoms with Gasteiger partial charge in [0.05, 0.1) is 6.10 Å². The fraction of sp³-hybridized carbons (Fsp3) is 0.667. The van der Waals surface area contributed by atoms with Crippen molar-refractivity contribution in [2.45, 2.75) is 51.2 Å². The van der Waals surface area contributed by atoms with Crippen molar-refractivity contribution in [2.75, 3.05) is 18.9 Å². The molecule has 3 N–H and O–H groups in total. The minimum absolute atomic E-state index is 0.247. The van der Waals surface area contributed by atoms with Crippen LogP contribution in [0.5, 0.6) is 0 Å². The van der Waals surface area contributed by atoms with Crippen LogP contribution in [0, 0.1) is 0 Å². The molecular formula is C15H25N3O. The predicted octanol–water partition coefficient (Wildman–Crippen LogP) is 2.66. The summed E-state index contributed by atoms with van der Waals surface area (Å²) in [5.41, 5.74) is 8.00. The van der Waals surface area contributed by atoms with E-state index < -0.39 is 0 Å². The average molecular weight is 263 g/mol. The molecular weight excluding hydrogens is 238 g/mol.